The maximum atomic E-state index is 13.4. The second-order valence-corrected chi connectivity index (χ2v) is 10.1. The fraction of sp³-hybridized carbons (Fsp3) is 0.357. The number of hydrogen-bond donors (Lipinski definition) is 2. The molecular weight excluding hydrogens is 404 g/mol. The van der Waals surface area contributed by atoms with Crippen LogP contribution in [0.4, 0.5) is 8.78 Å². The molecular formula is C28H31F2NO. The predicted molar refractivity (Wildman–Crippen MR) is 126 cm³/mol. The molecule has 0 aliphatic heterocycles. The summed E-state index contributed by atoms with van der Waals surface area (Å²) < 4.78 is 26.8. The first-order chi connectivity index (χ1) is 15.2. The van der Waals surface area contributed by atoms with Gasteiger partial charge in [-0.15, -0.1) is 0 Å². The number of rotatable bonds is 7. The molecule has 0 heterocycles. The van der Waals surface area contributed by atoms with Crippen molar-refractivity contribution in [1.29, 1.82) is 0 Å². The molecule has 4 rings (SSSR count). The lowest BCUT2D eigenvalue weighted by molar-refractivity contribution is 0.159. The molecule has 168 valence electrons. The molecule has 2 nitrogen and oxygen atoms in total. The van der Waals surface area contributed by atoms with Gasteiger partial charge in [0.2, 0.25) is 0 Å². The first-order valence-electron chi connectivity index (χ1n) is 11.3. The lowest BCUT2D eigenvalue weighted by Gasteiger charge is -2.21. The Labute approximate surface area is 189 Å². The van der Waals surface area contributed by atoms with E-state index in [-0.39, 0.29) is 11.5 Å². The topological polar surface area (TPSA) is 32.3 Å². The van der Waals surface area contributed by atoms with Crippen molar-refractivity contribution in [2.24, 2.45) is 5.41 Å². The Morgan fingerprint density at radius 3 is 2.28 bits per heavy atom. The zero-order chi connectivity index (χ0) is 22.9. The largest absolute Gasteiger partial charge is 0.392 e. The third-order valence-corrected chi connectivity index (χ3v) is 5.97. The van der Waals surface area contributed by atoms with Gasteiger partial charge in [-0.05, 0) is 70.2 Å². The molecule has 0 fully saturated rings. The van der Waals surface area contributed by atoms with Crippen molar-refractivity contribution in [3.8, 4) is 11.1 Å². The van der Waals surface area contributed by atoms with Crippen LogP contribution in [0.5, 0.6) is 0 Å². The molecule has 4 heteroatoms. The number of fused-ring (bicyclic) bond motifs is 3. The van der Waals surface area contributed by atoms with Crippen molar-refractivity contribution in [2.45, 2.75) is 52.2 Å². The van der Waals surface area contributed by atoms with E-state index in [1.54, 1.807) is 0 Å². The quantitative estimate of drug-likeness (QED) is 0.463. The fourth-order valence-electron chi connectivity index (χ4n) is 4.64. The highest BCUT2D eigenvalue weighted by Crippen LogP contribution is 2.44. The summed E-state index contributed by atoms with van der Waals surface area (Å²) in [6, 6.07) is 18.6. The highest BCUT2D eigenvalue weighted by molar-refractivity contribution is 5.78. The van der Waals surface area contributed by atoms with Gasteiger partial charge in [-0.2, -0.15) is 0 Å². The number of aryl methyl sites for hydroxylation is 1. The molecule has 0 amide bonds. The van der Waals surface area contributed by atoms with E-state index < -0.39 is 17.7 Å². The van der Waals surface area contributed by atoms with E-state index in [1.807, 2.05) is 6.07 Å². The molecule has 3 aromatic carbocycles. The number of hydrogen-bond acceptors (Lipinski definition) is 2. The van der Waals surface area contributed by atoms with Crippen molar-refractivity contribution < 1.29 is 13.9 Å². The van der Waals surface area contributed by atoms with E-state index in [0.29, 0.717) is 24.9 Å². The summed E-state index contributed by atoms with van der Waals surface area (Å²) >= 11 is 0. The van der Waals surface area contributed by atoms with E-state index in [2.05, 4.69) is 62.5 Å². The van der Waals surface area contributed by atoms with Gasteiger partial charge in [0.15, 0.2) is 0 Å². The van der Waals surface area contributed by atoms with Crippen LogP contribution in [0, 0.1) is 17.0 Å². The predicted octanol–water partition coefficient (Wildman–Crippen LogP) is 6.21. The average Bonchev–Trinajstić information content (AvgIpc) is 3.02. The number of aliphatic hydroxyl groups excluding tert-OH is 1. The highest BCUT2D eigenvalue weighted by atomic mass is 19.1. The van der Waals surface area contributed by atoms with Crippen LogP contribution in [0.25, 0.3) is 11.1 Å². The van der Waals surface area contributed by atoms with Gasteiger partial charge in [-0.25, -0.2) is 8.78 Å². The van der Waals surface area contributed by atoms with Gasteiger partial charge in [0.25, 0.3) is 0 Å². The minimum atomic E-state index is -0.615. The van der Waals surface area contributed by atoms with Crippen LogP contribution in [0.1, 0.15) is 55.5 Å². The SMILES string of the molecule is CC(C)(C)Cc1ccc2c(c1)C(NCC(O)CCc1cc(F)cc(F)c1)c1ccccc1-2. The van der Waals surface area contributed by atoms with Crippen LogP contribution in [-0.2, 0) is 12.8 Å². The average molecular weight is 436 g/mol. The number of aliphatic hydroxyl groups is 1. The second-order valence-electron chi connectivity index (χ2n) is 10.1. The Kier molecular flexibility index (Phi) is 6.45. The molecule has 3 aromatic rings. The summed E-state index contributed by atoms with van der Waals surface area (Å²) in [6.07, 6.45) is 1.23. The van der Waals surface area contributed by atoms with Gasteiger partial charge in [-0.3, -0.25) is 0 Å². The second kappa shape index (κ2) is 9.13. The standard InChI is InChI=1S/C28H31F2NO/c1-28(2,3)16-19-9-11-24-23-6-4-5-7-25(23)27(26(24)14-19)31-17-22(32)10-8-18-12-20(29)15-21(30)13-18/h4-7,9,11-15,22,27,31-32H,8,10,16-17H2,1-3H3. The summed E-state index contributed by atoms with van der Waals surface area (Å²) in [6.45, 7) is 7.13. The van der Waals surface area contributed by atoms with Crippen molar-refractivity contribution in [3.63, 3.8) is 0 Å². The highest BCUT2D eigenvalue weighted by Gasteiger charge is 2.29. The maximum absolute atomic E-state index is 13.4. The monoisotopic (exact) mass is 435 g/mol. The number of benzene rings is 3. The normalized spacial score (nSPS) is 16.0. The number of halogens is 2. The molecule has 0 aromatic heterocycles. The molecule has 0 spiro atoms. The van der Waals surface area contributed by atoms with Gasteiger partial charge >= 0.3 is 0 Å². The van der Waals surface area contributed by atoms with E-state index in [1.165, 1.54) is 39.9 Å². The van der Waals surface area contributed by atoms with Crippen LogP contribution < -0.4 is 5.32 Å². The van der Waals surface area contributed by atoms with E-state index in [0.717, 1.165) is 12.5 Å². The maximum Gasteiger partial charge on any atom is 0.126 e. The Balaban J connectivity index is 1.47. The lowest BCUT2D eigenvalue weighted by atomic mass is 9.87. The van der Waals surface area contributed by atoms with Crippen LogP contribution in [0.3, 0.4) is 0 Å². The molecule has 0 radical (unpaired) electrons. The zero-order valence-corrected chi connectivity index (χ0v) is 19.0. The van der Waals surface area contributed by atoms with Crippen LogP contribution in [-0.4, -0.2) is 17.8 Å². The van der Waals surface area contributed by atoms with Crippen LogP contribution in [0.15, 0.2) is 60.7 Å². The van der Waals surface area contributed by atoms with Gasteiger partial charge in [-0.1, -0.05) is 63.2 Å². The Bertz CT molecular complexity index is 1080. The summed E-state index contributed by atoms with van der Waals surface area (Å²) in [5.74, 6) is -1.17. The molecule has 0 bridgehead atoms. The van der Waals surface area contributed by atoms with Crippen LogP contribution in [0.2, 0.25) is 0 Å². The Hall–Kier alpha value is -2.56. The molecule has 2 atom stereocenters. The van der Waals surface area contributed by atoms with Crippen molar-refractivity contribution in [2.75, 3.05) is 6.54 Å². The summed E-state index contributed by atoms with van der Waals surface area (Å²) in [5.41, 5.74) is 7.00. The van der Waals surface area contributed by atoms with Crippen molar-refractivity contribution >= 4 is 0 Å². The van der Waals surface area contributed by atoms with E-state index in [9.17, 15) is 13.9 Å². The van der Waals surface area contributed by atoms with Gasteiger partial charge in [0.05, 0.1) is 12.1 Å². The third kappa shape index (κ3) is 5.25. The van der Waals surface area contributed by atoms with Gasteiger partial charge in [0, 0.05) is 12.6 Å². The van der Waals surface area contributed by atoms with E-state index in [4.69, 9.17) is 0 Å². The van der Waals surface area contributed by atoms with Gasteiger partial charge in [0.1, 0.15) is 11.6 Å². The van der Waals surface area contributed by atoms with E-state index >= 15 is 0 Å². The van der Waals surface area contributed by atoms with Crippen molar-refractivity contribution in [3.05, 3.63) is 94.6 Å². The fourth-order valence-corrected chi connectivity index (χ4v) is 4.64. The minimum absolute atomic E-state index is 0.0161. The number of nitrogens with one attached hydrogen (secondary N) is 1. The Morgan fingerprint density at radius 2 is 1.56 bits per heavy atom. The summed E-state index contributed by atoms with van der Waals surface area (Å²) in [5, 5.41) is 14.1. The molecule has 2 unspecified atom stereocenters. The molecule has 0 saturated carbocycles. The molecule has 1 aliphatic rings. The lowest BCUT2D eigenvalue weighted by Crippen LogP contribution is -2.30. The molecule has 32 heavy (non-hydrogen) atoms. The molecule has 0 saturated heterocycles. The minimum Gasteiger partial charge on any atom is -0.392 e. The molecule has 2 N–H and O–H groups in total. The molecule has 1 aliphatic carbocycles. The van der Waals surface area contributed by atoms with Gasteiger partial charge < -0.3 is 10.4 Å². The smallest absolute Gasteiger partial charge is 0.126 e. The van der Waals surface area contributed by atoms with Crippen molar-refractivity contribution in [1.82, 2.24) is 5.32 Å². The Morgan fingerprint density at radius 1 is 0.875 bits per heavy atom. The first kappa shape index (κ1) is 22.6. The van der Waals surface area contributed by atoms with Crippen LogP contribution >= 0.6 is 0 Å². The zero-order valence-electron chi connectivity index (χ0n) is 19.0. The summed E-state index contributed by atoms with van der Waals surface area (Å²) in [4.78, 5) is 0. The summed E-state index contributed by atoms with van der Waals surface area (Å²) in [7, 11) is 0. The first-order valence-corrected chi connectivity index (χ1v) is 11.3. The third-order valence-electron chi connectivity index (χ3n) is 5.97.